The molecular formula is C15H20N2O4S. The van der Waals surface area contributed by atoms with Crippen LogP contribution in [0.4, 0.5) is 5.69 Å². The first kappa shape index (κ1) is 16.6. The fraction of sp³-hybridized carbons (Fsp3) is 0.467. The number of nitrogens with zero attached hydrogens (tertiary/aromatic N) is 2. The smallest absolute Gasteiger partial charge is 0.243 e. The maximum atomic E-state index is 12.4. The number of piperidine rings is 1. The van der Waals surface area contributed by atoms with E-state index in [1.54, 1.807) is 13.8 Å². The van der Waals surface area contributed by atoms with Crippen LogP contribution in [0.15, 0.2) is 29.2 Å². The lowest BCUT2D eigenvalue weighted by Crippen LogP contribution is -2.40. The van der Waals surface area contributed by atoms with Crippen molar-refractivity contribution in [2.75, 3.05) is 18.0 Å². The monoisotopic (exact) mass is 324 g/mol. The molecule has 2 rings (SSSR count). The second-order valence-corrected chi connectivity index (χ2v) is 7.00. The van der Waals surface area contributed by atoms with E-state index in [9.17, 15) is 18.0 Å². The minimum absolute atomic E-state index is 0.164. The van der Waals surface area contributed by atoms with E-state index in [1.807, 2.05) is 0 Å². The third-order valence-corrected chi connectivity index (χ3v) is 5.78. The van der Waals surface area contributed by atoms with Gasteiger partial charge in [-0.3, -0.25) is 14.5 Å². The topological polar surface area (TPSA) is 74.8 Å². The summed E-state index contributed by atoms with van der Waals surface area (Å²) in [6.45, 7) is 4.34. The van der Waals surface area contributed by atoms with Crippen LogP contribution in [0.5, 0.6) is 0 Å². The van der Waals surface area contributed by atoms with E-state index >= 15 is 0 Å². The van der Waals surface area contributed by atoms with Crippen LogP contribution in [-0.2, 0) is 19.6 Å². The van der Waals surface area contributed by atoms with Gasteiger partial charge in [-0.1, -0.05) is 13.8 Å². The average Bonchev–Trinajstić information content (AvgIpc) is 2.48. The molecular weight excluding hydrogens is 304 g/mol. The molecule has 0 aromatic heterocycles. The lowest BCUT2D eigenvalue weighted by molar-refractivity contribution is -0.129. The van der Waals surface area contributed by atoms with Gasteiger partial charge in [-0.2, -0.15) is 4.31 Å². The van der Waals surface area contributed by atoms with Crippen LogP contribution in [0, 0.1) is 0 Å². The van der Waals surface area contributed by atoms with Crippen LogP contribution in [-0.4, -0.2) is 37.6 Å². The molecule has 6 nitrogen and oxygen atoms in total. The zero-order valence-corrected chi connectivity index (χ0v) is 13.6. The molecule has 120 valence electrons. The molecule has 0 radical (unpaired) electrons. The van der Waals surface area contributed by atoms with Gasteiger partial charge in [0.25, 0.3) is 0 Å². The second kappa shape index (κ2) is 6.58. The number of carbonyl (C=O) groups is 2. The zero-order valence-electron chi connectivity index (χ0n) is 12.8. The van der Waals surface area contributed by atoms with E-state index in [0.717, 1.165) is 4.90 Å². The van der Waals surface area contributed by atoms with Gasteiger partial charge < -0.3 is 0 Å². The van der Waals surface area contributed by atoms with E-state index in [2.05, 4.69) is 0 Å². The number of hydrogen-bond acceptors (Lipinski definition) is 4. The first-order valence-corrected chi connectivity index (χ1v) is 8.81. The van der Waals surface area contributed by atoms with Crippen molar-refractivity contribution in [1.29, 1.82) is 0 Å². The highest BCUT2D eigenvalue weighted by molar-refractivity contribution is 7.89. The molecule has 1 heterocycles. The Morgan fingerprint density at radius 3 is 1.95 bits per heavy atom. The highest BCUT2D eigenvalue weighted by Gasteiger charge is 2.28. The molecule has 22 heavy (non-hydrogen) atoms. The van der Waals surface area contributed by atoms with Gasteiger partial charge in [-0.15, -0.1) is 0 Å². The fourth-order valence-corrected chi connectivity index (χ4v) is 3.98. The number of hydrogen-bond donors (Lipinski definition) is 0. The molecule has 1 aromatic carbocycles. The summed E-state index contributed by atoms with van der Waals surface area (Å²) in [6.07, 6.45) is 1.25. The van der Waals surface area contributed by atoms with Gasteiger partial charge in [0.05, 0.1) is 10.6 Å². The number of benzene rings is 1. The number of rotatable bonds is 5. The standard InChI is InChI=1S/C15H20N2O4S/c1-3-16(4-2)22(20,21)13-10-8-12(9-11-13)17-14(18)6-5-7-15(17)19/h8-11H,3-7H2,1-2H3. The Bertz CT molecular complexity index is 647. The van der Waals surface area contributed by atoms with Crippen LogP contribution in [0.2, 0.25) is 0 Å². The minimum Gasteiger partial charge on any atom is -0.274 e. The molecule has 1 fully saturated rings. The number of carbonyl (C=O) groups excluding carboxylic acids is 2. The van der Waals surface area contributed by atoms with Crippen LogP contribution in [0.25, 0.3) is 0 Å². The predicted molar refractivity (Wildman–Crippen MR) is 82.9 cm³/mol. The molecule has 0 atom stereocenters. The summed E-state index contributed by atoms with van der Waals surface area (Å²) in [5, 5.41) is 0. The highest BCUT2D eigenvalue weighted by Crippen LogP contribution is 2.24. The van der Waals surface area contributed by atoms with Crippen molar-refractivity contribution in [3.63, 3.8) is 0 Å². The van der Waals surface area contributed by atoms with Gasteiger partial charge in [-0.25, -0.2) is 8.42 Å². The largest absolute Gasteiger partial charge is 0.274 e. The summed E-state index contributed by atoms with van der Waals surface area (Å²) in [4.78, 5) is 25.0. The molecule has 1 aliphatic heterocycles. The first-order chi connectivity index (χ1) is 10.4. The van der Waals surface area contributed by atoms with Crippen LogP contribution < -0.4 is 4.90 Å². The maximum Gasteiger partial charge on any atom is 0.243 e. The Morgan fingerprint density at radius 2 is 1.50 bits per heavy atom. The minimum atomic E-state index is -3.53. The summed E-state index contributed by atoms with van der Waals surface area (Å²) in [5.74, 6) is -0.480. The quantitative estimate of drug-likeness (QED) is 0.774. The van der Waals surface area contributed by atoms with Crippen molar-refractivity contribution >= 4 is 27.5 Å². The summed E-state index contributed by atoms with van der Waals surface area (Å²) < 4.78 is 26.1. The van der Waals surface area contributed by atoms with E-state index in [-0.39, 0.29) is 16.7 Å². The predicted octanol–water partition coefficient (Wildman–Crippen LogP) is 1.76. The Hall–Kier alpha value is -1.73. The maximum absolute atomic E-state index is 12.4. The van der Waals surface area contributed by atoms with Gasteiger partial charge in [-0.05, 0) is 30.7 Å². The normalized spacial score (nSPS) is 16.4. The highest BCUT2D eigenvalue weighted by atomic mass is 32.2. The van der Waals surface area contributed by atoms with Crippen molar-refractivity contribution in [2.45, 2.75) is 38.0 Å². The molecule has 0 unspecified atom stereocenters. The van der Waals surface area contributed by atoms with Crippen LogP contribution in [0.1, 0.15) is 33.1 Å². The molecule has 1 aliphatic rings. The second-order valence-electron chi connectivity index (χ2n) is 5.06. The summed E-state index contributed by atoms with van der Waals surface area (Å²) in [7, 11) is -3.53. The van der Waals surface area contributed by atoms with E-state index in [4.69, 9.17) is 0 Å². The third-order valence-electron chi connectivity index (χ3n) is 3.72. The van der Waals surface area contributed by atoms with Gasteiger partial charge in [0.2, 0.25) is 21.8 Å². The average molecular weight is 324 g/mol. The molecule has 0 saturated carbocycles. The van der Waals surface area contributed by atoms with Gasteiger partial charge in [0.15, 0.2) is 0 Å². The molecule has 0 spiro atoms. The van der Waals surface area contributed by atoms with Crippen molar-refractivity contribution in [3.05, 3.63) is 24.3 Å². The fourth-order valence-electron chi connectivity index (χ4n) is 2.52. The van der Waals surface area contributed by atoms with E-state index in [0.29, 0.717) is 38.0 Å². The molecule has 0 N–H and O–H groups in total. The molecule has 7 heteroatoms. The van der Waals surface area contributed by atoms with Gasteiger partial charge in [0.1, 0.15) is 0 Å². The van der Waals surface area contributed by atoms with E-state index < -0.39 is 10.0 Å². The van der Waals surface area contributed by atoms with Crippen molar-refractivity contribution in [1.82, 2.24) is 4.31 Å². The summed E-state index contributed by atoms with van der Waals surface area (Å²) in [6, 6.07) is 5.91. The lowest BCUT2D eigenvalue weighted by Gasteiger charge is -2.25. The lowest BCUT2D eigenvalue weighted by atomic mass is 10.1. The molecule has 2 amide bonds. The summed E-state index contributed by atoms with van der Waals surface area (Å²) in [5.41, 5.74) is 0.424. The van der Waals surface area contributed by atoms with Crippen LogP contribution >= 0.6 is 0 Å². The number of sulfonamides is 1. The van der Waals surface area contributed by atoms with Gasteiger partial charge in [0, 0.05) is 25.9 Å². The molecule has 1 saturated heterocycles. The van der Waals surface area contributed by atoms with Crippen LogP contribution in [0.3, 0.4) is 0 Å². The SMILES string of the molecule is CCN(CC)S(=O)(=O)c1ccc(N2C(=O)CCCC2=O)cc1. The van der Waals surface area contributed by atoms with Gasteiger partial charge >= 0.3 is 0 Å². The number of anilines is 1. The third kappa shape index (κ3) is 3.05. The van der Waals surface area contributed by atoms with Crippen molar-refractivity contribution in [3.8, 4) is 0 Å². The van der Waals surface area contributed by atoms with E-state index in [1.165, 1.54) is 28.6 Å². The number of imide groups is 1. The van der Waals surface area contributed by atoms with Crippen molar-refractivity contribution in [2.24, 2.45) is 0 Å². The zero-order chi connectivity index (χ0) is 16.3. The molecule has 0 aliphatic carbocycles. The Morgan fingerprint density at radius 1 is 1.00 bits per heavy atom. The molecule has 0 bridgehead atoms. The summed E-state index contributed by atoms with van der Waals surface area (Å²) >= 11 is 0. The Labute approximate surface area is 130 Å². The Balaban J connectivity index is 2.31. The first-order valence-electron chi connectivity index (χ1n) is 7.37. The molecule has 1 aromatic rings. The van der Waals surface area contributed by atoms with Crippen molar-refractivity contribution < 1.29 is 18.0 Å². The number of amides is 2. The Kier molecular flexibility index (Phi) is 4.97.